The molecule has 1 rings (SSSR count). The zero-order valence-electron chi connectivity index (χ0n) is 14.3. The average molecular weight is 311 g/mol. The number of aliphatic hydroxyl groups is 1. The van der Waals surface area contributed by atoms with E-state index in [1.165, 1.54) is 0 Å². The summed E-state index contributed by atoms with van der Waals surface area (Å²) < 4.78 is 11.8. The Hall–Kier alpha value is -0.843. The largest absolute Gasteiger partial charge is 0.491 e. The minimum absolute atomic E-state index is 0.215. The van der Waals surface area contributed by atoms with E-state index in [4.69, 9.17) is 9.16 Å². The third kappa shape index (κ3) is 5.81. The number of benzene rings is 1. The van der Waals surface area contributed by atoms with E-state index in [0.29, 0.717) is 19.6 Å². The molecule has 1 N–H and O–H groups in total. The molecule has 1 atom stereocenters. The Morgan fingerprint density at radius 3 is 2.48 bits per heavy atom. The van der Waals surface area contributed by atoms with Crippen LogP contribution in [0.1, 0.15) is 39.7 Å². The molecule has 1 aromatic carbocycles. The maximum absolute atomic E-state index is 9.54. The van der Waals surface area contributed by atoms with E-state index >= 15 is 0 Å². The highest BCUT2D eigenvalue weighted by molar-refractivity contribution is 6.74. The van der Waals surface area contributed by atoms with Crippen LogP contribution in [-0.4, -0.2) is 26.1 Å². The minimum Gasteiger partial charge on any atom is -0.491 e. The molecule has 0 aromatic heterocycles. The zero-order chi connectivity index (χ0) is 16.1. The van der Waals surface area contributed by atoms with Crippen molar-refractivity contribution in [3.63, 3.8) is 0 Å². The summed E-state index contributed by atoms with van der Waals surface area (Å²) in [5, 5.41) is 9.76. The van der Waals surface area contributed by atoms with Gasteiger partial charge >= 0.3 is 0 Å². The van der Waals surface area contributed by atoms with Crippen molar-refractivity contribution in [1.29, 1.82) is 0 Å². The topological polar surface area (TPSA) is 38.7 Å². The summed E-state index contributed by atoms with van der Waals surface area (Å²) in [7, 11) is -1.73. The Balaban J connectivity index is 2.61. The third-order valence-corrected chi connectivity index (χ3v) is 8.70. The van der Waals surface area contributed by atoms with Gasteiger partial charge in [-0.15, -0.1) is 0 Å². The van der Waals surface area contributed by atoms with Crippen LogP contribution in [0, 0.1) is 0 Å². The van der Waals surface area contributed by atoms with Gasteiger partial charge in [0.1, 0.15) is 12.4 Å². The summed E-state index contributed by atoms with van der Waals surface area (Å²) in [5.74, 6) is 0.791. The lowest BCUT2D eigenvalue weighted by molar-refractivity contribution is 0.104. The highest BCUT2D eigenvalue weighted by Crippen LogP contribution is 2.37. The van der Waals surface area contributed by atoms with Crippen molar-refractivity contribution in [2.45, 2.75) is 65.0 Å². The molecule has 3 nitrogen and oxygen atoms in total. The molecule has 1 aromatic rings. The van der Waals surface area contributed by atoms with Crippen LogP contribution in [0.15, 0.2) is 24.3 Å². The molecule has 0 fully saturated rings. The number of aliphatic hydroxyl groups excluding tert-OH is 1. The lowest BCUT2D eigenvalue weighted by atomic mass is 10.2. The second kappa shape index (κ2) is 7.43. The molecule has 0 saturated heterocycles. The highest BCUT2D eigenvalue weighted by Gasteiger charge is 2.36. The van der Waals surface area contributed by atoms with Gasteiger partial charge in [-0.05, 0) is 42.2 Å². The standard InChI is InChI=1S/C17H30O3Si/c1-7-15(18)13-19-16-10-8-9-14(11-16)12-20-21(5,6)17(2,3)4/h8-11,15,18H,7,12-13H2,1-6H3. The lowest BCUT2D eigenvalue weighted by Crippen LogP contribution is -2.40. The van der Waals surface area contributed by atoms with Crippen molar-refractivity contribution in [1.82, 2.24) is 0 Å². The van der Waals surface area contributed by atoms with E-state index in [2.05, 4.69) is 39.9 Å². The molecule has 120 valence electrons. The molecular weight excluding hydrogens is 280 g/mol. The summed E-state index contributed by atoms with van der Waals surface area (Å²) in [6, 6.07) is 7.93. The highest BCUT2D eigenvalue weighted by atomic mass is 28.4. The summed E-state index contributed by atoms with van der Waals surface area (Å²) in [6.07, 6.45) is 0.297. The maximum Gasteiger partial charge on any atom is 0.192 e. The van der Waals surface area contributed by atoms with Crippen LogP contribution in [0.3, 0.4) is 0 Å². The third-order valence-electron chi connectivity index (χ3n) is 4.22. The van der Waals surface area contributed by atoms with E-state index < -0.39 is 14.4 Å². The van der Waals surface area contributed by atoms with Crippen molar-refractivity contribution < 1.29 is 14.3 Å². The first-order valence-corrected chi connectivity index (χ1v) is 10.6. The molecule has 0 heterocycles. The average Bonchev–Trinajstić information content (AvgIpc) is 2.42. The van der Waals surface area contributed by atoms with Gasteiger partial charge in [-0.25, -0.2) is 0 Å². The normalized spacial score (nSPS) is 14.0. The van der Waals surface area contributed by atoms with Gasteiger partial charge in [0.05, 0.1) is 12.7 Å². The van der Waals surface area contributed by atoms with Gasteiger partial charge in [-0.3, -0.25) is 0 Å². The first-order chi connectivity index (χ1) is 9.65. The predicted octanol–water partition coefficient (Wildman–Crippen LogP) is 4.36. The van der Waals surface area contributed by atoms with Crippen molar-refractivity contribution in [2.24, 2.45) is 0 Å². The summed E-state index contributed by atoms with van der Waals surface area (Å²) in [6.45, 7) is 14.1. The summed E-state index contributed by atoms with van der Waals surface area (Å²) in [5.41, 5.74) is 1.11. The second-order valence-corrected chi connectivity index (χ2v) is 11.9. The van der Waals surface area contributed by atoms with E-state index in [1.807, 2.05) is 25.1 Å². The number of rotatable bonds is 7. The Morgan fingerprint density at radius 2 is 1.90 bits per heavy atom. The van der Waals surface area contributed by atoms with E-state index in [1.54, 1.807) is 0 Å². The molecular formula is C17H30O3Si. The van der Waals surface area contributed by atoms with Crippen LogP contribution in [-0.2, 0) is 11.0 Å². The van der Waals surface area contributed by atoms with Crippen LogP contribution in [0.5, 0.6) is 5.75 Å². The Morgan fingerprint density at radius 1 is 1.24 bits per heavy atom. The summed E-state index contributed by atoms with van der Waals surface area (Å²) >= 11 is 0. The first-order valence-electron chi connectivity index (χ1n) is 7.69. The fourth-order valence-electron chi connectivity index (χ4n) is 1.52. The molecule has 4 heteroatoms. The van der Waals surface area contributed by atoms with Gasteiger partial charge in [0, 0.05) is 0 Å². The second-order valence-electron chi connectivity index (χ2n) is 7.07. The monoisotopic (exact) mass is 310 g/mol. The SMILES string of the molecule is CCC(O)COc1cccc(CO[Si](C)(C)C(C)(C)C)c1. The molecule has 0 bridgehead atoms. The molecule has 0 amide bonds. The van der Waals surface area contributed by atoms with Gasteiger partial charge in [0.15, 0.2) is 8.32 Å². The van der Waals surface area contributed by atoms with Gasteiger partial charge in [0.2, 0.25) is 0 Å². The van der Waals surface area contributed by atoms with E-state index in [-0.39, 0.29) is 5.04 Å². The van der Waals surface area contributed by atoms with E-state index in [0.717, 1.165) is 11.3 Å². The molecule has 1 unspecified atom stereocenters. The van der Waals surface area contributed by atoms with Crippen LogP contribution in [0.2, 0.25) is 18.1 Å². The predicted molar refractivity (Wildman–Crippen MR) is 90.2 cm³/mol. The molecule has 0 aliphatic carbocycles. The van der Waals surface area contributed by atoms with Crippen LogP contribution < -0.4 is 4.74 Å². The van der Waals surface area contributed by atoms with Crippen LogP contribution >= 0.6 is 0 Å². The minimum atomic E-state index is -1.73. The van der Waals surface area contributed by atoms with Gasteiger partial charge in [0.25, 0.3) is 0 Å². The van der Waals surface area contributed by atoms with Gasteiger partial charge < -0.3 is 14.3 Å². The molecule has 0 aliphatic rings. The van der Waals surface area contributed by atoms with Crippen molar-refractivity contribution in [3.8, 4) is 5.75 Å². The number of ether oxygens (including phenoxy) is 1. The Labute approximate surface area is 130 Å². The summed E-state index contributed by atoms with van der Waals surface area (Å²) in [4.78, 5) is 0. The Bertz CT molecular complexity index is 438. The molecule has 0 radical (unpaired) electrons. The van der Waals surface area contributed by atoms with Crippen molar-refractivity contribution in [3.05, 3.63) is 29.8 Å². The fraction of sp³-hybridized carbons (Fsp3) is 0.647. The number of hydrogen-bond acceptors (Lipinski definition) is 3. The van der Waals surface area contributed by atoms with Gasteiger partial charge in [-0.2, -0.15) is 0 Å². The van der Waals surface area contributed by atoms with Gasteiger partial charge in [-0.1, -0.05) is 39.8 Å². The first kappa shape index (κ1) is 18.2. The molecule has 0 spiro atoms. The van der Waals surface area contributed by atoms with E-state index in [9.17, 15) is 5.11 Å². The van der Waals surface area contributed by atoms with Crippen molar-refractivity contribution in [2.75, 3.05) is 6.61 Å². The maximum atomic E-state index is 9.54. The molecule has 21 heavy (non-hydrogen) atoms. The smallest absolute Gasteiger partial charge is 0.192 e. The quantitative estimate of drug-likeness (QED) is 0.761. The number of hydrogen-bond donors (Lipinski definition) is 1. The molecule has 0 aliphatic heterocycles. The molecule has 0 saturated carbocycles. The fourth-order valence-corrected chi connectivity index (χ4v) is 2.48. The van der Waals surface area contributed by atoms with Crippen LogP contribution in [0.4, 0.5) is 0 Å². The van der Waals surface area contributed by atoms with Crippen LogP contribution in [0.25, 0.3) is 0 Å². The zero-order valence-corrected chi connectivity index (χ0v) is 15.3. The lowest BCUT2D eigenvalue weighted by Gasteiger charge is -2.36. The Kier molecular flexibility index (Phi) is 6.44. The van der Waals surface area contributed by atoms with Crippen molar-refractivity contribution >= 4 is 8.32 Å².